The molecule has 0 saturated heterocycles. The molecule has 0 heterocycles. The highest BCUT2D eigenvalue weighted by molar-refractivity contribution is 8.09. The zero-order valence-corrected chi connectivity index (χ0v) is 17.4. The Labute approximate surface area is 150 Å². The van der Waals surface area contributed by atoms with E-state index in [2.05, 4.69) is 43.3 Å². The zero-order chi connectivity index (χ0) is 17.8. The fourth-order valence-corrected chi connectivity index (χ4v) is 5.79. The van der Waals surface area contributed by atoms with Gasteiger partial charge in [-0.2, -0.15) is 0 Å². The number of aryl methyl sites for hydroxylation is 3. The number of anilines is 1. The van der Waals surface area contributed by atoms with E-state index in [-0.39, 0.29) is 12.2 Å². The van der Waals surface area contributed by atoms with Crippen molar-refractivity contribution >= 4 is 41.5 Å². The summed E-state index contributed by atoms with van der Waals surface area (Å²) < 4.78 is 11.6. The Bertz CT molecular complexity index is 581. The molecule has 7 heteroatoms. The zero-order valence-electron chi connectivity index (χ0n) is 14.9. The number of benzene rings is 1. The Morgan fingerprint density at radius 1 is 1.00 bits per heavy atom. The van der Waals surface area contributed by atoms with Crippen molar-refractivity contribution < 1.29 is 9.05 Å². The predicted octanol–water partition coefficient (Wildman–Crippen LogP) is 4.97. The van der Waals surface area contributed by atoms with Crippen LogP contribution in [0.4, 0.5) is 5.69 Å². The molecule has 0 unspecified atom stereocenters. The third-order valence-electron chi connectivity index (χ3n) is 2.85. The summed E-state index contributed by atoms with van der Waals surface area (Å²) in [6.07, 6.45) is -0.0875. The minimum atomic E-state index is -2.68. The van der Waals surface area contributed by atoms with Gasteiger partial charge in [0.1, 0.15) is 0 Å². The SMILES string of the molecule is Cc1cc(C)c(NC(=S)NP(=S)(OC(C)C)OC(C)C)c(C)c1. The lowest BCUT2D eigenvalue weighted by atomic mass is 10.1. The van der Waals surface area contributed by atoms with Crippen LogP contribution in [0.3, 0.4) is 0 Å². The summed E-state index contributed by atoms with van der Waals surface area (Å²) in [6.45, 7) is 11.2. The van der Waals surface area contributed by atoms with Crippen molar-refractivity contribution in [2.24, 2.45) is 0 Å². The van der Waals surface area contributed by atoms with Crippen molar-refractivity contribution in [2.75, 3.05) is 5.32 Å². The average Bonchev–Trinajstić information content (AvgIpc) is 2.30. The van der Waals surface area contributed by atoms with Gasteiger partial charge in [-0.3, -0.25) is 5.09 Å². The van der Waals surface area contributed by atoms with E-state index in [0.29, 0.717) is 5.11 Å². The van der Waals surface area contributed by atoms with Crippen molar-refractivity contribution in [3.63, 3.8) is 0 Å². The van der Waals surface area contributed by atoms with Gasteiger partial charge in [0, 0.05) is 5.69 Å². The molecule has 4 nitrogen and oxygen atoms in total. The van der Waals surface area contributed by atoms with Gasteiger partial charge in [0.05, 0.1) is 12.2 Å². The molecule has 1 aromatic carbocycles. The monoisotopic (exact) mass is 374 g/mol. The quantitative estimate of drug-likeness (QED) is 0.541. The van der Waals surface area contributed by atoms with E-state index in [1.807, 2.05) is 27.7 Å². The maximum Gasteiger partial charge on any atom is 0.289 e. The number of nitrogens with one attached hydrogen (secondary N) is 2. The van der Waals surface area contributed by atoms with Crippen LogP contribution in [-0.4, -0.2) is 17.3 Å². The first-order chi connectivity index (χ1) is 10.5. The lowest BCUT2D eigenvalue weighted by Crippen LogP contribution is -2.30. The highest BCUT2D eigenvalue weighted by Gasteiger charge is 2.24. The summed E-state index contributed by atoms with van der Waals surface area (Å²) in [6, 6.07) is 4.23. The van der Waals surface area contributed by atoms with Gasteiger partial charge in [-0.25, -0.2) is 0 Å². The number of hydrogen-bond acceptors (Lipinski definition) is 4. The summed E-state index contributed by atoms with van der Waals surface area (Å²) in [5.74, 6) is 0. The Morgan fingerprint density at radius 3 is 1.83 bits per heavy atom. The Hall–Kier alpha value is -0.520. The average molecular weight is 375 g/mol. The molecule has 130 valence electrons. The molecule has 23 heavy (non-hydrogen) atoms. The van der Waals surface area contributed by atoms with Gasteiger partial charge in [0.2, 0.25) is 0 Å². The minimum Gasteiger partial charge on any atom is -0.332 e. The van der Waals surface area contributed by atoms with Crippen LogP contribution in [-0.2, 0) is 20.9 Å². The van der Waals surface area contributed by atoms with Gasteiger partial charge in [-0.15, -0.1) is 0 Å². The molecule has 0 radical (unpaired) electrons. The molecular formula is C16H27N2O2PS2. The normalized spacial score (nSPS) is 11.9. The van der Waals surface area contributed by atoms with Crippen molar-refractivity contribution in [1.29, 1.82) is 0 Å². The van der Waals surface area contributed by atoms with E-state index in [9.17, 15) is 0 Å². The largest absolute Gasteiger partial charge is 0.332 e. The van der Waals surface area contributed by atoms with Gasteiger partial charge < -0.3 is 14.4 Å². The van der Waals surface area contributed by atoms with Crippen LogP contribution < -0.4 is 10.4 Å². The topological polar surface area (TPSA) is 42.5 Å². The molecule has 1 aromatic rings. The van der Waals surface area contributed by atoms with Crippen LogP contribution in [0, 0.1) is 20.8 Å². The Morgan fingerprint density at radius 2 is 1.43 bits per heavy atom. The Kier molecular flexibility index (Phi) is 7.62. The van der Waals surface area contributed by atoms with Gasteiger partial charge in [-0.1, -0.05) is 17.7 Å². The van der Waals surface area contributed by atoms with E-state index in [4.69, 9.17) is 33.1 Å². The minimum absolute atomic E-state index is 0.0438. The second-order valence-electron chi connectivity index (χ2n) is 6.15. The number of rotatable bonds is 6. The number of hydrogen-bond donors (Lipinski definition) is 2. The molecule has 2 N–H and O–H groups in total. The summed E-state index contributed by atoms with van der Waals surface area (Å²) in [5, 5.41) is 6.73. The fraction of sp³-hybridized carbons (Fsp3) is 0.562. The Balaban J connectivity index is 2.90. The first-order valence-electron chi connectivity index (χ1n) is 7.66. The summed E-state index contributed by atoms with van der Waals surface area (Å²) in [4.78, 5) is 0. The maximum absolute atomic E-state index is 5.80. The first kappa shape index (κ1) is 20.5. The highest BCUT2D eigenvalue weighted by Crippen LogP contribution is 2.46. The molecule has 0 fully saturated rings. The lowest BCUT2D eigenvalue weighted by Gasteiger charge is -2.28. The highest BCUT2D eigenvalue weighted by atomic mass is 32.5. The van der Waals surface area contributed by atoms with Crippen LogP contribution in [0.5, 0.6) is 0 Å². The lowest BCUT2D eigenvalue weighted by molar-refractivity contribution is 0.172. The molecule has 0 aromatic heterocycles. The first-order valence-corrected chi connectivity index (χ1v) is 10.7. The molecule has 0 saturated carbocycles. The van der Waals surface area contributed by atoms with E-state index in [1.54, 1.807) is 0 Å². The van der Waals surface area contributed by atoms with Crippen LogP contribution in [0.15, 0.2) is 12.1 Å². The van der Waals surface area contributed by atoms with Crippen LogP contribution in [0.1, 0.15) is 44.4 Å². The van der Waals surface area contributed by atoms with Gasteiger partial charge in [0.25, 0.3) is 6.64 Å². The van der Waals surface area contributed by atoms with Crippen molar-refractivity contribution in [3.05, 3.63) is 28.8 Å². The molecular weight excluding hydrogens is 347 g/mol. The van der Waals surface area contributed by atoms with Gasteiger partial charge >= 0.3 is 0 Å². The van der Waals surface area contributed by atoms with Crippen molar-refractivity contribution in [2.45, 2.75) is 60.7 Å². The third-order valence-corrected chi connectivity index (χ3v) is 5.89. The summed E-state index contributed by atoms with van der Waals surface area (Å²) >= 11 is 11.0. The maximum atomic E-state index is 5.80. The molecule has 0 aliphatic heterocycles. The smallest absolute Gasteiger partial charge is 0.289 e. The van der Waals surface area contributed by atoms with E-state index in [1.165, 1.54) is 5.56 Å². The van der Waals surface area contributed by atoms with Crippen LogP contribution in [0.2, 0.25) is 0 Å². The predicted molar refractivity (Wildman–Crippen MR) is 107 cm³/mol. The van der Waals surface area contributed by atoms with E-state index >= 15 is 0 Å². The van der Waals surface area contributed by atoms with E-state index in [0.717, 1.165) is 16.8 Å². The van der Waals surface area contributed by atoms with E-state index < -0.39 is 6.64 Å². The van der Waals surface area contributed by atoms with Crippen LogP contribution >= 0.6 is 18.9 Å². The van der Waals surface area contributed by atoms with Crippen LogP contribution in [0.25, 0.3) is 0 Å². The molecule has 0 aliphatic rings. The summed E-state index contributed by atoms with van der Waals surface area (Å²) in [7, 11) is 0. The standard InChI is InChI=1S/C16H27N2O2PS2/c1-10(2)19-21(23,20-11(3)4)18-16(22)17-15-13(6)8-12(5)9-14(15)7/h8-11H,1-7H3,(H2,17,18,22,23). The summed E-state index contributed by atoms with van der Waals surface area (Å²) in [5.41, 5.74) is 4.48. The molecule has 0 bridgehead atoms. The molecule has 0 spiro atoms. The van der Waals surface area contributed by atoms with Gasteiger partial charge in [0.15, 0.2) is 5.11 Å². The number of thiocarbonyl (C=S) groups is 1. The van der Waals surface area contributed by atoms with Gasteiger partial charge in [-0.05, 0) is 83.6 Å². The van der Waals surface area contributed by atoms with Crippen molar-refractivity contribution in [3.8, 4) is 0 Å². The fourth-order valence-electron chi connectivity index (χ4n) is 2.28. The third kappa shape index (κ3) is 6.86. The second kappa shape index (κ2) is 8.54. The molecule has 0 aliphatic carbocycles. The molecule has 0 atom stereocenters. The molecule has 1 rings (SSSR count). The second-order valence-corrected chi connectivity index (χ2v) is 9.64. The van der Waals surface area contributed by atoms with Crippen molar-refractivity contribution in [1.82, 2.24) is 5.09 Å². The molecule has 0 amide bonds.